The second kappa shape index (κ2) is 11.4. The number of hydrogen-bond acceptors (Lipinski definition) is 5. The van der Waals surface area contributed by atoms with E-state index in [9.17, 15) is 0 Å². The summed E-state index contributed by atoms with van der Waals surface area (Å²) in [5.74, 6) is 2.89. The van der Waals surface area contributed by atoms with Crippen LogP contribution in [0.3, 0.4) is 0 Å². The molecule has 0 saturated carbocycles. The molecule has 1 fully saturated rings. The second-order valence-electron chi connectivity index (χ2n) is 7.19. The van der Waals surface area contributed by atoms with E-state index in [4.69, 9.17) is 18.9 Å². The van der Waals surface area contributed by atoms with Gasteiger partial charge in [-0.2, -0.15) is 0 Å². The fourth-order valence-electron chi connectivity index (χ4n) is 3.09. The van der Waals surface area contributed by atoms with Crippen molar-refractivity contribution >= 4 is 5.96 Å². The van der Waals surface area contributed by atoms with Crippen molar-refractivity contribution in [1.82, 2.24) is 10.6 Å². The number of para-hydroxylation sites is 2. The second-order valence-corrected chi connectivity index (χ2v) is 7.19. The van der Waals surface area contributed by atoms with Gasteiger partial charge >= 0.3 is 0 Å². The highest BCUT2D eigenvalue weighted by atomic mass is 16.5. The molecule has 7 heteroatoms. The largest absolute Gasteiger partial charge is 0.493 e. The molecule has 1 heterocycles. The Morgan fingerprint density at radius 3 is 2.60 bits per heavy atom. The summed E-state index contributed by atoms with van der Waals surface area (Å²) in [5, 5.41) is 6.68. The Labute approximate surface area is 178 Å². The zero-order valence-electron chi connectivity index (χ0n) is 17.9. The van der Waals surface area contributed by atoms with Crippen molar-refractivity contribution in [2.45, 2.75) is 32.0 Å². The molecule has 1 aliphatic rings. The molecule has 0 aromatic heterocycles. The third kappa shape index (κ3) is 6.64. The zero-order valence-corrected chi connectivity index (χ0v) is 17.9. The maximum absolute atomic E-state index is 5.92. The fourth-order valence-corrected chi connectivity index (χ4v) is 3.09. The van der Waals surface area contributed by atoms with Crippen molar-refractivity contribution < 1.29 is 18.9 Å². The van der Waals surface area contributed by atoms with Gasteiger partial charge in [0.05, 0.1) is 26.4 Å². The van der Waals surface area contributed by atoms with Gasteiger partial charge in [0.15, 0.2) is 17.5 Å². The van der Waals surface area contributed by atoms with Gasteiger partial charge in [-0.15, -0.1) is 0 Å². The molecular formula is C23H31N3O4. The third-order valence-electron chi connectivity index (χ3n) is 4.76. The average Bonchev–Trinajstić information content (AvgIpc) is 3.30. The van der Waals surface area contributed by atoms with Crippen LogP contribution in [0.1, 0.15) is 18.9 Å². The molecule has 0 spiro atoms. The molecule has 1 saturated heterocycles. The molecule has 162 valence electrons. The number of benzene rings is 2. The van der Waals surface area contributed by atoms with Gasteiger partial charge < -0.3 is 29.6 Å². The summed E-state index contributed by atoms with van der Waals surface area (Å²) in [6, 6.07) is 15.7. The van der Waals surface area contributed by atoms with Crippen molar-refractivity contribution in [3.8, 4) is 17.2 Å². The summed E-state index contributed by atoms with van der Waals surface area (Å²) in [6.45, 7) is 4.82. The molecule has 0 amide bonds. The maximum Gasteiger partial charge on any atom is 0.191 e. The van der Waals surface area contributed by atoms with E-state index in [0.29, 0.717) is 31.3 Å². The number of nitrogens with zero attached hydrogens (tertiary/aromatic N) is 1. The average molecular weight is 414 g/mol. The Morgan fingerprint density at radius 1 is 1.17 bits per heavy atom. The molecule has 3 rings (SSSR count). The van der Waals surface area contributed by atoms with E-state index >= 15 is 0 Å². The van der Waals surface area contributed by atoms with Crippen LogP contribution in [0.15, 0.2) is 53.5 Å². The Morgan fingerprint density at radius 2 is 1.93 bits per heavy atom. The number of aliphatic imine (C=N–C) groups is 1. The molecule has 30 heavy (non-hydrogen) atoms. The molecular weight excluding hydrogens is 382 g/mol. The molecule has 1 aliphatic heterocycles. The maximum atomic E-state index is 5.92. The lowest BCUT2D eigenvalue weighted by Gasteiger charge is -2.19. The molecule has 2 unspecified atom stereocenters. The topological polar surface area (TPSA) is 73.3 Å². The smallest absolute Gasteiger partial charge is 0.191 e. The molecule has 2 aromatic rings. The summed E-state index contributed by atoms with van der Waals surface area (Å²) >= 11 is 0. The zero-order chi connectivity index (χ0) is 21.2. The van der Waals surface area contributed by atoms with Crippen LogP contribution in [0.2, 0.25) is 0 Å². The molecule has 7 nitrogen and oxygen atoms in total. The van der Waals surface area contributed by atoms with Crippen LogP contribution in [-0.2, 0) is 16.0 Å². The van der Waals surface area contributed by atoms with Crippen LogP contribution < -0.4 is 20.1 Å². The normalized spacial score (nSPS) is 17.4. The van der Waals surface area contributed by atoms with Crippen molar-refractivity contribution in [1.29, 1.82) is 0 Å². The van der Waals surface area contributed by atoms with E-state index in [1.54, 1.807) is 14.2 Å². The minimum atomic E-state index is 0.147. The predicted molar refractivity (Wildman–Crippen MR) is 117 cm³/mol. The Bertz CT molecular complexity index is 804. The molecule has 2 aromatic carbocycles. The van der Waals surface area contributed by atoms with E-state index in [1.165, 1.54) is 0 Å². The summed E-state index contributed by atoms with van der Waals surface area (Å²) in [4.78, 5) is 4.29. The van der Waals surface area contributed by atoms with Crippen molar-refractivity contribution in [3.63, 3.8) is 0 Å². The minimum Gasteiger partial charge on any atom is -0.493 e. The Hall–Kier alpha value is -2.77. The number of hydrogen-bond donors (Lipinski definition) is 2. The van der Waals surface area contributed by atoms with Gasteiger partial charge in [0, 0.05) is 26.2 Å². The van der Waals surface area contributed by atoms with Crippen LogP contribution in [-0.4, -0.2) is 52.1 Å². The van der Waals surface area contributed by atoms with Crippen LogP contribution in [0, 0.1) is 0 Å². The third-order valence-corrected chi connectivity index (χ3v) is 4.76. The first-order valence-electron chi connectivity index (χ1n) is 10.2. The van der Waals surface area contributed by atoms with Gasteiger partial charge in [-0.25, -0.2) is 0 Å². The number of nitrogens with one attached hydrogen (secondary N) is 2. The van der Waals surface area contributed by atoms with Crippen molar-refractivity contribution in [2.75, 3.05) is 34.0 Å². The molecule has 0 aliphatic carbocycles. The molecule has 2 N–H and O–H groups in total. The fraction of sp³-hybridized carbons (Fsp3) is 0.435. The Kier molecular flexibility index (Phi) is 8.35. The van der Waals surface area contributed by atoms with Crippen LogP contribution in [0.25, 0.3) is 0 Å². The van der Waals surface area contributed by atoms with E-state index in [1.807, 2.05) is 48.5 Å². The first-order chi connectivity index (χ1) is 14.7. The predicted octanol–water partition coefficient (Wildman–Crippen LogP) is 3.35. The highest BCUT2D eigenvalue weighted by Gasteiger charge is 2.17. The number of ether oxygens (including phenoxy) is 4. The van der Waals surface area contributed by atoms with Gasteiger partial charge in [-0.05, 0) is 43.2 Å². The SMILES string of the molecule is CN=C(NCc1ccc(Oc2ccccc2OC)cc1)NC(C)COC1CCOC1. The molecule has 2 atom stereocenters. The van der Waals surface area contributed by atoms with E-state index in [0.717, 1.165) is 30.3 Å². The van der Waals surface area contributed by atoms with Crippen molar-refractivity contribution in [2.24, 2.45) is 4.99 Å². The van der Waals surface area contributed by atoms with Gasteiger partial charge in [-0.3, -0.25) is 4.99 Å². The van der Waals surface area contributed by atoms with Gasteiger partial charge in [0.1, 0.15) is 5.75 Å². The minimum absolute atomic E-state index is 0.147. The van der Waals surface area contributed by atoms with Crippen LogP contribution in [0.5, 0.6) is 17.2 Å². The highest BCUT2D eigenvalue weighted by molar-refractivity contribution is 5.79. The standard InChI is InChI=1S/C23H31N3O4/c1-17(15-29-20-12-13-28-16-20)26-23(24-2)25-14-18-8-10-19(11-9-18)30-22-7-5-4-6-21(22)27-3/h4-11,17,20H,12-16H2,1-3H3,(H2,24,25,26). The summed E-state index contributed by atoms with van der Waals surface area (Å²) in [7, 11) is 3.39. The number of methoxy groups -OCH3 is 1. The lowest BCUT2D eigenvalue weighted by Crippen LogP contribution is -2.44. The van der Waals surface area contributed by atoms with E-state index in [2.05, 4.69) is 22.5 Å². The van der Waals surface area contributed by atoms with Crippen molar-refractivity contribution in [3.05, 3.63) is 54.1 Å². The first-order valence-corrected chi connectivity index (χ1v) is 10.2. The van der Waals surface area contributed by atoms with Crippen LogP contribution in [0.4, 0.5) is 0 Å². The van der Waals surface area contributed by atoms with Gasteiger partial charge in [-0.1, -0.05) is 24.3 Å². The lowest BCUT2D eigenvalue weighted by atomic mass is 10.2. The van der Waals surface area contributed by atoms with Gasteiger partial charge in [0.25, 0.3) is 0 Å². The summed E-state index contributed by atoms with van der Waals surface area (Å²) in [5.41, 5.74) is 1.12. The first kappa shape index (κ1) is 21.9. The van der Waals surface area contributed by atoms with Gasteiger partial charge in [0.2, 0.25) is 0 Å². The molecule has 0 radical (unpaired) electrons. The highest BCUT2D eigenvalue weighted by Crippen LogP contribution is 2.30. The Balaban J connectivity index is 1.45. The summed E-state index contributed by atoms with van der Waals surface area (Å²) in [6.07, 6.45) is 1.18. The lowest BCUT2D eigenvalue weighted by molar-refractivity contribution is 0.0347. The summed E-state index contributed by atoms with van der Waals surface area (Å²) < 4.78 is 22.4. The number of guanidine groups is 1. The molecule has 0 bridgehead atoms. The van der Waals surface area contributed by atoms with E-state index in [-0.39, 0.29) is 12.1 Å². The quantitative estimate of drug-likeness (QED) is 0.485. The van der Waals surface area contributed by atoms with Crippen LogP contribution >= 0.6 is 0 Å². The van der Waals surface area contributed by atoms with E-state index < -0.39 is 0 Å². The number of rotatable bonds is 9. The monoisotopic (exact) mass is 413 g/mol.